The van der Waals surface area contributed by atoms with E-state index in [2.05, 4.69) is 84.9 Å². The predicted octanol–water partition coefficient (Wildman–Crippen LogP) is 14.8. The Hall–Kier alpha value is -2.02. The van der Waals surface area contributed by atoms with E-state index in [1.54, 1.807) is 11.1 Å². The van der Waals surface area contributed by atoms with Gasteiger partial charge in [0.1, 0.15) is 0 Å². The van der Waals surface area contributed by atoms with Crippen LogP contribution < -0.4 is 0 Å². The number of piperidine rings is 1. The van der Waals surface area contributed by atoms with Gasteiger partial charge in [0.15, 0.2) is 0 Å². The van der Waals surface area contributed by atoms with Gasteiger partial charge in [-0.25, -0.2) is 0 Å². The molecule has 0 radical (unpaired) electrons. The summed E-state index contributed by atoms with van der Waals surface area (Å²) in [5.41, 5.74) is 8.17. The zero-order valence-electron chi connectivity index (χ0n) is 33.5. The molecule has 2 saturated carbocycles. The summed E-state index contributed by atoms with van der Waals surface area (Å²) < 4.78 is 0. The molecular weight excluding hydrogens is 591 g/mol. The first-order chi connectivity index (χ1) is 23.5. The summed E-state index contributed by atoms with van der Waals surface area (Å²) in [6, 6.07) is 0.327. The first-order valence-corrected chi connectivity index (χ1v) is 21.0. The van der Waals surface area contributed by atoms with Crippen molar-refractivity contribution in [2.75, 3.05) is 6.54 Å². The molecule has 3 fully saturated rings. The number of allylic oxidation sites excluding steroid dienone is 6. The van der Waals surface area contributed by atoms with E-state index in [-0.39, 0.29) is 0 Å². The van der Waals surface area contributed by atoms with Crippen LogP contribution in [0.1, 0.15) is 164 Å². The average Bonchev–Trinajstić information content (AvgIpc) is 3.10. The maximum atomic E-state index is 4.76. The van der Waals surface area contributed by atoms with Gasteiger partial charge in [-0.1, -0.05) is 128 Å². The van der Waals surface area contributed by atoms with Crippen molar-refractivity contribution < 1.29 is 0 Å². The predicted molar refractivity (Wildman–Crippen MR) is 220 cm³/mol. The van der Waals surface area contributed by atoms with Crippen molar-refractivity contribution in [1.29, 1.82) is 0 Å². The number of likely N-dealkylation sites (tertiary alicyclic amines) is 1. The van der Waals surface area contributed by atoms with E-state index >= 15 is 0 Å². The summed E-state index contributed by atoms with van der Waals surface area (Å²) in [6.07, 6.45) is 31.6. The van der Waals surface area contributed by atoms with Crippen LogP contribution in [0, 0.1) is 41.4 Å². The summed E-state index contributed by atoms with van der Waals surface area (Å²) in [5.74, 6) is 5.21. The van der Waals surface area contributed by atoms with Gasteiger partial charge in [-0.15, -0.1) is 0 Å². The topological polar surface area (TPSA) is 3.24 Å². The molecule has 0 aromatic rings. The van der Waals surface area contributed by atoms with Crippen molar-refractivity contribution in [3.05, 3.63) is 84.7 Å². The molecular formula is C48H79N. The molecule has 0 amide bonds. The maximum absolute atomic E-state index is 4.76. The summed E-state index contributed by atoms with van der Waals surface area (Å²) in [6.45, 7) is 37.8. The minimum atomic E-state index is 0.327. The van der Waals surface area contributed by atoms with Crippen LogP contribution in [0.5, 0.6) is 0 Å². The molecule has 0 bridgehead atoms. The van der Waals surface area contributed by atoms with Crippen molar-refractivity contribution in [3.8, 4) is 0 Å². The molecule has 8 atom stereocenters. The monoisotopic (exact) mass is 670 g/mol. The van der Waals surface area contributed by atoms with Crippen LogP contribution in [0.15, 0.2) is 84.7 Å². The molecule has 3 aliphatic rings. The highest BCUT2D eigenvalue weighted by Gasteiger charge is 2.42. The standard InChI is InChI=1S/C48H79N/c1-12-38(7)47-28-19-20-31-49(47)42(11)40(9)48-39(8)33-45(14-3)46(41(48)10)27-18-17-23-36(5)30-29-35(4)22-15-16-24-37(6)32-44-26-21-25-43(13-2)34-44/h12,30,32,39,41,43-48H,1,4,7,9,11,13-29,31,33-34H2,2-3,5-6,8,10H3/b36-30+,37-32+. The van der Waals surface area contributed by atoms with Gasteiger partial charge in [0.2, 0.25) is 0 Å². The van der Waals surface area contributed by atoms with Crippen LogP contribution in [0.2, 0.25) is 0 Å². The Labute approximate surface area is 306 Å². The van der Waals surface area contributed by atoms with Crippen LogP contribution in [-0.2, 0) is 0 Å². The van der Waals surface area contributed by atoms with Crippen LogP contribution >= 0.6 is 0 Å². The maximum Gasteiger partial charge on any atom is 0.0536 e. The zero-order chi connectivity index (χ0) is 35.9. The largest absolute Gasteiger partial charge is 0.365 e. The fourth-order valence-electron chi connectivity index (χ4n) is 10.2. The van der Waals surface area contributed by atoms with E-state index in [4.69, 9.17) is 6.58 Å². The molecule has 49 heavy (non-hydrogen) atoms. The van der Waals surface area contributed by atoms with Gasteiger partial charge < -0.3 is 4.90 Å². The van der Waals surface area contributed by atoms with Crippen LogP contribution in [0.25, 0.3) is 0 Å². The second-order valence-electron chi connectivity index (χ2n) is 17.1. The number of nitrogens with zero attached hydrogens (tertiary/aromatic N) is 1. The molecule has 1 heterocycles. The molecule has 0 aromatic heterocycles. The molecule has 1 heteroatoms. The highest BCUT2D eigenvalue weighted by Crippen LogP contribution is 2.50. The summed E-state index contributed by atoms with van der Waals surface area (Å²) in [7, 11) is 0. The van der Waals surface area contributed by atoms with E-state index in [1.165, 1.54) is 126 Å². The normalized spacial score (nSPS) is 29.8. The van der Waals surface area contributed by atoms with E-state index < -0.39 is 0 Å². The molecule has 0 aromatic carbocycles. The number of unbranched alkanes of at least 4 members (excludes halogenated alkanes) is 2. The summed E-state index contributed by atoms with van der Waals surface area (Å²) in [4.78, 5) is 2.51. The van der Waals surface area contributed by atoms with Crippen molar-refractivity contribution in [1.82, 2.24) is 4.90 Å². The molecule has 1 saturated heterocycles. The van der Waals surface area contributed by atoms with Gasteiger partial charge in [-0.3, -0.25) is 0 Å². The molecule has 0 N–H and O–H groups in total. The van der Waals surface area contributed by atoms with Crippen molar-refractivity contribution in [2.45, 2.75) is 170 Å². The van der Waals surface area contributed by atoms with E-state index in [0.717, 1.165) is 48.6 Å². The van der Waals surface area contributed by atoms with Crippen molar-refractivity contribution in [2.24, 2.45) is 41.4 Å². The van der Waals surface area contributed by atoms with Crippen molar-refractivity contribution >= 4 is 0 Å². The van der Waals surface area contributed by atoms with Gasteiger partial charge in [-0.2, -0.15) is 0 Å². The Morgan fingerprint density at radius 3 is 2.22 bits per heavy atom. The molecule has 0 spiro atoms. The molecule has 1 aliphatic heterocycles. The smallest absolute Gasteiger partial charge is 0.0536 e. The zero-order valence-corrected chi connectivity index (χ0v) is 33.5. The third-order valence-corrected chi connectivity index (χ3v) is 13.3. The number of hydrogen-bond donors (Lipinski definition) is 0. The highest BCUT2D eigenvalue weighted by atomic mass is 15.2. The van der Waals surface area contributed by atoms with Gasteiger partial charge in [0, 0.05) is 12.2 Å². The van der Waals surface area contributed by atoms with Gasteiger partial charge in [0.25, 0.3) is 0 Å². The number of hydrogen-bond acceptors (Lipinski definition) is 1. The van der Waals surface area contributed by atoms with Crippen molar-refractivity contribution in [3.63, 3.8) is 0 Å². The molecule has 8 unspecified atom stereocenters. The fourth-order valence-corrected chi connectivity index (χ4v) is 10.2. The van der Waals surface area contributed by atoms with Crippen LogP contribution in [-0.4, -0.2) is 17.5 Å². The first-order valence-electron chi connectivity index (χ1n) is 21.0. The molecule has 1 nitrogen and oxygen atoms in total. The highest BCUT2D eigenvalue weighted by molar-refractivity contribution is 5.33. The van der Waals surface area contributed by atoms with Gasteiger partial charge in [0.05, 0.1) is 6.04 Å². The average molecular weight is 670 g/mol. The summed E-state index contributed by atoms with van der Waals surface area (Å²) >= 11 is 0. The Morgan fingerprint density at radius 2 is 1.51 bits per heavy atom. The summed E-state index contributed by atoms with van der Waals surface area (Å²) in [5, 5.41) is 0. The molecule has 2 aliphatic carbocycles. The Morgan fingerprint density at radius 1 is 0.796 bits per heavy atom. The van der Waals surface area contributed by atoms with E-state index in [9.17, 15) is 0 Å². The second kappa shape index (κ2) is 21.4. The lowest BCUT2D eigenvalue weighted by Gasteiger charge is -2.48. The van der Waals surface area contributed by atoms with E-state index in [1.807, 2.05) is 6.08 Å². The second-order valence-corrected chi connectivity index (χ2v) is 17.1. The SMILES string of the molecule is C=CC(=C)C1CCCCN1C(=C)C(=C)C1C(C)CC(CC)C(CCCC/C(C)=C/CC(=C)CCCC/C(C)=C/C2CCCC(CC)C2)C1C. The lowest BCUT2D eigenvalue weighted by molar-refractivity contribution is 0.0620. The quantitative estimate of drug-likeness (QED) is 0.0708. The third-order valence-electron chi connectivity index (χ3n) is 13.3. The van der Waals surface area contributed by atoms with Crippen LogP contribution in [0.4, 0.5) is 0 Å². The Kier molecular flexibility index (Phi) is 18.1. The minimum Gasteiger partial charge on any atom is -0.365 e. The minimum absolute atomic E-state index is 0.327. The Balaban J connectivity index is 1.41. The Bertz CT molecular complexity index is 1150. The third kappa shape index (κ3) is 12.6. The van der Waals surface area contributed by atoms with E-state index in [0.29, 0.717) is 23.8 Å². The first kappa shape index (κ1) is 41.4. The molecule has 276 valence electrons. The van der Waals surface area contributed by atoms with Crippen LogP contribution in [0.3, 0.4) is 0 Å². The number of rotatable bonds is 20. The lowest BCUT2D eigenvalue weighted by atomic mass is 9.59. The molecule has 3 rings (SSSR count). The van der Waals surface area contributed by atoms with Gasteiger partial charge >= 0.3 is 0 Å². The van der Waals surface area contributed by atoms with Gasteiger partial charge in [-0.05, 0) is 156 Å². The lowest BCUT2D eigenvalue weighted by Crippen LogP contribution is -2.43. The fraction of sp³-hybridized carbons (Fsp3) is 0.708.